The highest BCUT2D eigenvalue weighted by Gasteiger charge is 2.42. The molecule has 2 atom stereocenters. The highest BCUT2D eigenvalue weighted by molar-refractivity contribution is 7.15. The van der Waals surface area contributed by atoms with Gasteiger partial charge in [-0.1, -0.05) is 6.07 Å². The van der Waals surface area contributed by atoms with Crippen LogP contribution in [0.1, 0.15) is 29.1 Å². The Morgan fingerprint density at radius 1 is 1.27 bits per heavy atom. The van der Waals surface area contributed by atoms with Gasteiger partial charge in [-0.25, -0.2) is 15.0 Å². The van der Waals surface area contributed by atoms with Gasteiger partial charge in [0.15, 0.2) is 0 Å². The van der Waals surface area contributed by atoms with E-state index in [-0.39, 0.29) is 36.2 Å². The minimum absolute atomic E-state index is 0.0282. The Kier molecular flexibility index (Phi) is 6.08. The second kappa shape index (κ2) is 8.69. The summed E-state index contributed by atoms with van der Waals surface area (Å²) in [5.41, 5.74) is -0.724. The van der Waals surface area contributed by atoms with Crippen molar-refractivity contribution in [2.45, 2.75) is 37.6 Å². The minimum atomic E-state index is -4.58. The van der Waals surface area contributed by atoms with Crippen LogP contribution in [0.25, 0.3) is 10.4 Å². The maximum absolute atomic E-state index is 12.9. The lowest BCUT2D eigenvalue weighted by Crippen LogP contribution is -2.43. The smallest absolute Gasteiger partial charge is 0.388 e. The monoisotopic (exact) mass is 479 g/mol. The molecule has 3 aromatic rings. The second-order valence-electron chi connectivity index (χ2n) is 7.75. The lowest BCUT2D eigenvalue weighted by Gasteiger charge is -2.28. The number of aryl methyl sites for hydroxylation is 1. The van der Waals surface area contributed by atoms with E-state index in [2.05, 4.69) is 25.6 Å². The number of benzene rings is 1. The number of rotatable bonds is 4. The number of hydrogen-bond acceptors (Lipinski definition) is 8. The van der Waals surface area contributed by atoms with Gasteiger partial charge in [-0.05, 0) is 42.7 Å². The van der Waals surface area contributed by atoms with Crippen LogP contribution >= 0.6 is 11.3 Å². The number of amides is 1. The number of aliphatic hydroxyl groups excluding tert-OH is 1. The average molecular weight is 479 g/mol. The number of β-amino-alcohol motifs (C(OH)–C–C–N with tert-alkyl or cyclic N) is 1. The van der Waals surface area contributed by atoms with Gasteiger partial charge in [0.05, 0.1) is 4.88 Å². The first-order valence-electron chi connectivity index (χ1n) is 9.97. The third-order valence-corrected chi connectivity index (χ3v) is 6.43. The summed E-state index contributed by atoms with van der Waals surface area (Å²) < 4.78 is 38.8. The van der Waals surface area contributed by atoms with Gasteiger partial charge in [0.2, 0.25) is 11.9 Å². The fourth-order valence-electron chi connectivity index (χ4n) is 3.50. The Morgan fingerprint density at radius 3 is 2.82 bits per heavy atom. The molecule has 4 N–H and O–H groups in total. The van der Waals surface area contributed by atoms with E-state index in [0.717, 1.165) is 17.8 Å². The van der Waals surface area contributed by atoms with Gasteiger partial charge in [0, 0.05) is 31.0 Å². The molecule has 2 aromatic heterocycles. The van der Waals surface area contributed by atoms with Gasteiger partial charge in [-0.2, -0.15) is 13.2 Å². The van der Waals surface area contributed by atoms with E-state index in [9.17, 15) is 28.2 Å². The standard InChI is InChI=1S/C21H20F3N5O3S/c1-11-6-12(8-13(7-11)28-19-25-5-3-15(29-19)21(22,23)24)14-9-27-18(33-14)20(32)4-2-17(31)26-10-16(20)30/h3,5-9,16,30,32H,2,4,10H2,1H3,(H,26,31)(H,25,28,29)/t16-,20-/m1/s1. The molecule has 12 heteroatoms. The number of aliphatic hydroxyl groups is 2. The lowest BCUT2D eigenvalue weighted by atomic mass is 9.93. The lowest BCUT2D eigenvalue weighted by molar-refractivity contribution is -0.141. The summed E-state index contributed by atoms with van der Waals surface area (Å²) >= 11 is 1.17. The second-order valence-corrected chi connectivity index (χ2v) is 8.78. The van der Waals surface area contributed by atoms with E-state index in [1.54, 1.807) is 18.3 Å². The van der Waals surface area contributed by atoms with E-state index >= 15 is 0 Å². The van der Waals surface area contributed by atoms with Crippen LogP contribution < -0.4 is 10.6 Å². The highest BCUT2D eigenvalue weighted by atomic mass is 32.1. The van der Waals surface area contributed by atoms with Crippen molar-refractivity contribution in [3.63, 3.8) is 0 Å². The van der Waals surface area contributed by atoms with Crippen molar-refractivity contribution in [2.75, 3.05) is 11.9 Å². The Balaban J connectivity index is 1.62. The molecule has 174 valence electrons. The van der Waals surface area contributed by atoms with E-state index in [0.29, 0.717) is 16.1 Å². The Hall–Kier alpha value is -3.09. The third-order valence-electron chi connectivity index (χ3n) is 5.22. The van der Waals surface area contributed by atoms with Crippen molar-refractivity contribution in [2.24, 2.45) is 0 Å². The van der Waals surface area contributed by atoms with Crippen LogP contribution in [0, 0.1) is 6.92 Å². The maximum atomic E-state index is 12.9. The molecule has 1 aromatic carbocycles. The average Bonchev–Trinajstić information content (AvgIpc) is 3.21. The van der Waals surface area contributed by atoms with E-state index in [1.165, 1.54) is 11.3 Å². The van der Waals surface area contributed by atoms with E-state index in [4.69, 9.17) is 0 Å². The van der Waals surface area contributed by atoms with Crippen molar-refractivity contribution in [1.82, 2.24) is 20.3 Å². The van der Waals surface area contributed by atoms with E-state index in [1.807, 2.05) is 13.0 Å². The fourth-order valence-corrected chi connectivity index (χ4v) is 4.57. The normalized spacial score (nSPS) is 21.4. The van der Waals surface area contributed by atoms with Gasteiger partial charge in [0.1, 0.15) is 22.4 Å². The number of anilines is 2. The number of aromatic nitrogens is 3. The fraction of sp³-hybridized carbons (Fsp3) is 0.333. The van der Waals surface area contributed by atoms with Crippen LogP contribution in [0.2, 0.25) is 0 Å². The molecule has 8 nitrogen and oxygen atoms in total. The maximum Gasteiger partial charge on any atom is 0.433 e. The molecule has 1 amide bonds. The van der Waals surface area contributed by atoms with Crippen LogP contribution in [-0.2, 0) is 16.6 Å². The predicted molar refractivity (Wildman–Crippen MR) is 115 cm³/mol. The molecule has 3 heterocycles. The Labute approximate surface area is 190 Å². The Morgan fingerprint density at radius 2 is 2.06 bits per heavy atom. The zero-order valence-corrected chi connectivity index (χ0v) is 18.2. The van der Waals surface area contributed by atoms with Gasteiger partial charge < -0.3 is 20.8 Å². The SMILES string of the molecule is Cc1cc(Nc2nccc(C(F)(F)F)n2)cc(-c2cnc([C@@]3(O)CCC(=O)NC[C@H]3O)s2)c1. The van der Waals surface area contributed by atoms with Crippen LogP contribution in [-0.4, -0.2) is 43.7 Å². The molecular formula is C21H20F3N5O3S. The molecule has 0 unspecified atom stereocenters. The largest absolute Gasteiger partial charge is 0.433 e. The first kappa shape index (κ1) is 23.1. The summed E-state index contributed by atoms with van der Waals surface area (Å²) in [7, 11) is 0. The number of alkyl halides is 3. The van der Waals surface area contributed by atoms with Crippen molar-refractivity contribution in [3.05, 3.63) is 52.9 Å². The molecule has 0 bridgehead atoms. The summed E-state index contributed by atoms with van der Waals surface area (Å²) in [4.78, 5) is 24.0. The zero-order valence-electron chi connectivity index (χ0n) is 17.3. The summed E-state index contributed by atoms with van der Waals surface area (Å²) in [6.07, 6.45) is -3.14. The zero-order chi connectivity index (χ0) is 23.8. The van der Waals surface area contributed by atoms with Gasteiger partial charge in [-0.15, -0.1) is 11.3 Å². The van der Waals surface area contributed by atoms with Crippen molar-refractivity contribution < 1.29 is 28.2 Å². The molecule has 33 heavy (non-hydrogen) atoms. The molecule has 4 rings (SSSR count). The summed E-state index contributed by atoms with van der Waals surface area (Å²) in [5, 5.41) is 27.1. The number of carbonyl (C=O) groups is 1. The predicted octanol–water partition coefficient (Wildman–Crippen LogP) is 3.13. The van der Waals surface area contributed by atoms with Crippen molar-refractivity contribution in [1.29, 1.82) is 0 Å². The number of thiazole rings is 1. The first-order valence-corrected chi connectivity index (χ1v) is 10.8. The molecule has 0 spiro atoms. The van der Waals surface area contributed by atoms with Crippen LogP contribution in [0.3, 0.4) is 0 Å². The number of hydrogen-bond donors (Lipinski definition) is 4. The number of nitrogens with zero attached hydrogens (tertiary/aromatic N) is 3. The topological polar surface area (TPSA) is 120 Å². The number of halogens is 3. The number of carbonyl (C=O) groups excluding carboxylic acids is 1. The van der Waals surface area contributed by atoms with E-state index < -0.39 is 23.6 Å². The van der Waals surface area contributed by atoms with Crippen LogP contribution in [0.15, 0.2) is 36.7 Å². The summed E-state index contributed by atoms with van der Waals surface area (Å²) in [5.74, 6) is -0.451. The molecule has 1 aliphatic heterocycles. The first-order chi connectivity index (χ1) is 15.5. The summed E-state index contributed by atoms with van der Waals surface area (Å²) in [6.45, 7) is 1.74. The molecule has 1 aliphatic rings. The minimum Gasteiger partial charge on any atom is -0.388 e. The molecule has 0 radical (unpaired) electrons. The molecule has 1 saturated heterocycles. The molecule has 1 fully saturated rings. The van der Waals surface area contributed by atoms with Crippen molar-refractivity contribution in [3.8, 4) is 10.4 Å². The molecule has 0 saturated carbocycles. The summed E-state index contributed by atoms with van der Waals surface area (Å²) in [6, 6.07) is 6.08. The third kappa shape index (κ3) is 4.97. The number of nitrogens with one attached hydrogen (secondary N) is 2. The van der Waals surface area contributed by atoms with Crippen LogP contribution in [0.4, 0.5) is 24.8 Å². The Bertz CT molecular complexity index is 1190. The van der Waals surface area contributed by atoms with Gasteiger partial charge in [0.25, 0.3) is 0 Å². The van der Waals surface area contributed by atoms with Gasteiger partial charge >= 0.3 is 6.18 Å². The highest BCUT2D eigenvalue weighted by Crippen LogP contribution is 2.38. The van der Waals surface area contributed by atoms with Crippen LogP contribution in [0.5, 0.6) is 0 Å². The van der Waals surface area contributed by atoms with Gasteiger partial charge in [-0.3, -0.25) is 4.79 Å². The quantitative estimate of drug-likeness (QED) is 0.454. The molecular weight excluding hydrogens is 459 g/mol. The van der Waals surface area contributed by atoms with Crippen molar-refractivity contribution >= 4 is 28.9 Å². The molecule has 0 aliphatic carbocycles.